The number of benzene rings is 1. The molecule has 1 fully saturated rings. The van der Waals surface area contributed by atoms with Crippen molar-refractivity contribution >= 4 is 11.6 Å². The van der Waals surface area contributed by atoms with Crippen molar-refractivity contribution in [1.82, 2.24) is 5.32 Å². The number of carbonyl (C=O) groups excluding carboxylic acids is 1. The van der Waals surface area contributed by atoms with E-state index in [2.05, 4.69) is 16.7 Å². The van der Waals surface area contributed by atoms with Crippen molar-refractivity contribution in [2.75, 3.05) is 11.9 Å². The fraction of sp³-hybridized carbons (Fsp3) is 0.467. The van der Waals surface area contributed by atoms with Gasteiger partial charge in [-0.2, -0.15) is 5.26 Å². The van der Waals surface area contributed by atoms with E-state index in [1.807, 2.05) is 32.0 Å². The number of piperidine rings is 1. The zero-order valence-corrected chi connectivity index (χ0v) is 11.4. The summed E-state index contributed by atoms with van der Waals surface area (Å²) < 4.78 is 0. The monoisotopic (exact) mass is 257 g/mol. The molecule has 100 valence electrons. The van der Waals surface area contributed by atoms with Crippen molar-refractivity contribution in [2.45, 2.75) is 32.7 Å². The second-order valence-electron chi connectivity index (χ2n) is 5.16. The Balaban J connectivity index is 2.04. The van der Waals surface area contributed by atoms with Gasteiger partial charge in [0.05, 0.1) is 12.1 Å². The molecule has 2 unspecified atom stereocenters. The van der Waals surface area contributed by atoms with Gasteiger partial charge in [-0.05, 0) is 50.4 Å². The van der Waals surface area contributed by atoms with Gasteiger partial charge in [-0.15, -0.1) is 0 Å². The summed E-state index contributed by atoms with van der Waals surface area (Å²) in [6.07, 6.45) is 1.41. The van der Waals surface area contributed by atoms with E-state index in [9.17, 15) is 4.79 Å². The van der Waals surface area contributed by atoms with Crippen LogP contribution in [0.25, 0.3) is 0 Å². The standard InChI is InChI=1S/C15H19N3O/c1-10-3-4-11(2)13(7-10)18-15(19)14-8-12(9-16)5-6-17-14/h3-4,7,12,14,17H,5-6,8H2,1-2H3,(H,18,19). The normalized spacial score (nSPS) is 22.6. The summed E-state index contributed by atoms with van der Waals surface area (Å²) in [5.74, 6) is -0.0655. The lowest BCUT2D eigenvalue weighted by Crippen LogP contribution is -2.46. The Hall–Kier alpha value is -1.86. The van der Waals surface area contributed by atoms with Crippen LogP contribution in [0.3, 0.4) is 0 Å². The summed E-state index contributed by atoms with van der Waals surface area (Å²) in [4.78, 5) is 12.2. The number of hydrogen-bond donors (Lipinski definition) is 2. The Morgan fingerprint density at radius 1 is 1.47 bits per heavy atom. The lowest BCUT2D eigenvalue weighted by atomic mass is 9.93. The van der Waals surface area contributed by atoms with E-state index in [1.165, 1.54) is 0 Å². The van der Waals surface area contributed by atoms with Crippen LogP contribution in [0, 0.1) is 31.1 Å². The lowest BCUT2D eigenvalue weighted by molar-refractivity contribution is -0.118. The molecule has 1 aromatic rings. The Labute approximate surface area is 113 Å². The number of anilines is 1. The van der Waals surface area contributed by atoms with Gasteiger partial charge in [0.1, 0.15) is 0 Å². The van der Waals surface area contributed by atoms with Crippen LogP contribution in [-0.4, -0.2) is 18.5 Å². The van der Waals surface area contributed by atoms with E-state index < -0.39 is 0 Å². The molecule has 1 aliphatic rings. The molecular weight excluding hydrogens is 238 g/mol. The zero-order valence-electron chi connectivity index (χ0n) is 11.4. The third-order valence-electron chi connectivity index (χ3n) is 3.55. The minimum atomic E-state index is -0.265. The first-order valence-electron chi connectivity index (χ1n) is 6.61. The highest BCUT2D eigenvalue weighted by atomic mass is 16.2. The zero-order chi connectivity index (χ0) is 13.8. The maximum absolute atomic E-state index is 12.2. The molecule has 1 saturated heterocycles. The topological polar surface area (TPSA) is 64.9 Å². The lowest BCUT2D eigenvalue weighted by Gasteiger charge is -2.26. The molecule has 0 radical (unpaired) electrons. The molecule has 1 heterocycles. The number of nitrogens with one attached hydrogen (secondary N) is 2. The van der Waals surface area contributed by atoms with Crippen molar-refractivity contribution in [2.24, 2.45) is 5.92 Å². The van der Waals surface area contributed by atoms with Crippen molar-refractivity contribution in [3.63, 3.8) is 0 Å². The molecule has 1 aliphatic heterocycles. The van der Waals surface area contributed by atoms with Gasteiger partial charge >= 0.3 is 0 Å². The van der Waals surface area contributed by atoms with Crippen LogP contribution >= 0.6 is 0 Å². The number of carbonyl (C=O) groups is 1. The van der Waals surface area contributed by atoms with E-state index >= 15 is 0 Å². The minimum Gasteiger partial charge on any atom is -0.324 e. The van der Waals surface area contributed by atoms with Gasteiger partial charge in [0.2, 0.25) is 5.91 Å². The summed E-state index contributed by atoms with van der Waals surface area (Å²) in [6.45, 7) is 4.70. The summed E-state index contributed by atoms with van der Waals surface area (Å²) in [7, 11) is 0. The summed E-state index contributed by atoms with van der Waals surface area (Å²) >= 11 is 0. The first-order valence-corrected chi connectivity index (χ1v) is 6.61. The molecule has 2 rings (SSSR count). The molecule has 4 nitrogen and oxygen atoms in total. The number of nitrogens with zero attached hydrogens (tertiary/aromatic N) is 1. The number of aryl methyl sites for hydroxylation is 2. The largest absolute Gasteiger partial charge is 0.324 e. The van der Waals surface area contributed by atoms with Gasteiger partial charge in [0.15, 0.2) is 0 Å². The maximum atomic E-state index is 12.2. The number of hydrogen-bond acceptors (Lipinski definition) is 3. The highest BCUT2D eigenvalue weighted by molar-refractivity contribution is 5.95. The van der Waals surface area contributed by atoms with Gasteiger partial charge < -0.3 is 10.6 Å². The highest BCUT2D eigenvalue weighted by Gasteiger charge is 2.26. The van der Waals surface area contributed by atoms with Crippen molar-refractivity contribution < 1.29 is 4.79 Å². The van der Waals surface area contributed by atoms with Crippen LogP contribution in [-0.2, 0) is 4.79 Å². The van der Waals surface area contributed by atoms with Gasteiger partial charge in [-0.3, -0.25) is 4.79 Å². The smallest absolute Gasteiger partial charge is 0.241 e. The Morgan fingerprint density at radius 2 is 2.26 bits per heavy atom. The van der Waals surface area contributed by atoms with E-state index in [1.54, 1.807) is 0 Å². The van der Waals surface area contributed by atoms with Crippen LogP contribution in [0.15, 0.2) is 18.2 Å². The molecule has 0 saturated carbocycles. The first-order chi connectivity index (χ1) is 9.10. The van der Waals surface area contributed by atoms with Crippen LogP contribution in [0.2, 0.25) is 0 Å². The maximum Gasteiger partial charge on any atom is 0.241 e. The molecule has 0 bridgehead atoms. The van der Waals surface area contributed by atoms with Crippen molar-refractivity contribution in [3.05, 3.63) is 29.3 Å². The van der Waals surface area contributed by atoms with Crippen LogP contribution in [0.1, 0.15) is 24.0 Å². The van der Waals surface area contributed by atoms with Gasteiger partial charge in [0.25, 0.3) is 0 Å². The molecule has 0 spiro atoms. The van der Waals surface area contributed by atoms with E-state index in [0.29, 0.717) is 6.42 Å². The molecule has 19 heavy (non-hydrogen) atoms. The summed E-state index contributed by atoms with van der Waals surface area (Å²) in [5, 5.41) is 15.1. The van der Waals surface area contributed by atoms with Gasteiger partial charge in [-0.1, -0.05) is 12.1 Å². The third kappa shape index (κ3) is 3.33. The molecule has 0 aliphatic carbocycles. The molecule has 2 atom stereocenters. The second-order valence-corrected chi connectivity index (χ2v) is 5.16. The minimum absolute atomic E-state index is 0.0180. The Kier molecular flexibility index (Phi) is 4.18. The van der Waals surface area contributed by atoms with Gasteiger partial charge in [0, 0.05) is 11.6 Å². The van der Waals surface area contributed by atoms with Gasteiger partial charge in [-0.25, -0.2) is 0 Å². The predicted octanol–water partition coefficient (Wildman–Crippen LogP) is 2.13. The summed E-state index contributed by atoms with van der Waals surface area (Å²) in [6, 6.07) is 7.98. The molecular formula is C15H19N3O. The van der Waals surface area contributed by atoms with E-state index in [-0.39, 0.29) is 17.9 Å². The number of amides is 1. The van der Waals surface area contributed by atoms with Crippen molar-refractivity contribution in [1.29, 1.82) is 5.26 Å². The second kappa shape index (κ2) is 5.85. The fourth-order valence-corrected chi connectivity index (χ4v) is 2.32. The molecule has 2 N–H and O–H groups in total. The Bertz CT molecular complexity index is 519. The predicted molar refractivity (Wildman–Crippen MR) is 74.7 cm³/mol. The first kappa shape index (κ1) is 13.6. The number of rotatable bonds is 2. The average Bonchev–Trinajstić information content (AvgIpc) is 2.43. The molecule has 1 amide bonds. The highest BCUT2D eigenvalue weighted by Crippen LogP contribution is 2.19. The van der Waals surface area contributed by atoms with Crippen molar-refractivity contribution in [3.8, 4) is 6.07 Å². The summed E-state index contributed by atoms with van der Waals surface area (Å²) in [5.41, 5.74) is 3.02. The molecule has 4 heteroatoms. The Morgan fingerprint density at radius 3 is 3.00 bits per heavy atom. The molecule has 0 aromatic heterocycles. The number of nitriles is 1. The van der Waals surface area contributed by atoms with E-state index in [4.69, 9.17) is 5.26 Å². The van der Waals surface area contributed by atoms with Crippen LogP contribution < -0.4 is 10.6 Å². The quantitative estimate of drug-likeness (QED) is 0.853. The van der Waals surface area contributed by atoms with E-state index in [0.717, 1.165) is 29.8 Å². The van der Waals surface area contributed by atoms with Crippen LogP contribution in [0.4, 0.5) is 5.69 Å². The average molecular weight is 257 g/mol. The molecule has 1 aromatic carbocycles. The fourth-order valence-electron chi connectivity index (χ4n) is 2.32. The SMILES string of the molecule is Cc1ccc(C)c(NC(=O)C2CC(C#N)CCN2)c1. The van der Waals surface area contributed by atoms with Crippen LogP contribution in [0.5, 0.6) is 0 Å². The third-order valence-corrected chi connectivity index (χ3v) is 3.55.